The first-order chi connectivity index (χ1) is 5.28. The van der Waals surface area contributed by atoms with Crippen LogP contribution in [0.5, 0.6) is 0 Å². The van der Waals surface area contributed by atoms with E-state index in [1.807, 2.05) is 0 Å². The van der Waals surface area contributed by atoms with Crippen molar-refractivity contribution in [2.24, 2.45) is 0 Å². The molecule has 12 heavy (non-hydrogen) atoms. The highest BCUT2D eigenvalue weighted by Gasteiger charge is 2.54. The van der Waals surface area contributed by atoms with E-state index in [1.54, 1.807) is 0 Å². The van der Waals surface area contributed by atoms with Crippen LogP contribution in [0, 0.1) is 0 Å². The van der Waals surface area contributed by atoms with Gasteiger partial charge in [-0.05, 0) is 0 Å². The summed E-state index contributed by atoms with van der Waals surface area (Å²) in [5, 5.41) is 7.79. The van der Waals surface area contributed by atoms with E-state index < -0.39 is 26.0 Å². The number of nitrogens with zero attached hydrogens (tertiary/aromatic N) is 1. The van der Waals surface area contributed by atoms with E-state index in [4.69, 9.17) is 0 Å². The smallest absolute Gasteiger partial charge is 0.343 e. The summed E-state index contributed by atoms with van der Waals surface area (Å²) in [5.74, 6) is -0.717. The van der Waals surface area contributed by atoms with Crippen LogP contribution in [0.25, 0.3) is 0 Å². The van der Waals surface area contributed by atoms with Gasteiger partial charge in [-0.15, -0.1) is 4.65 Å². The molecule has 1 amide bonds. The number of rotatable bonds is 1. The zero-order chi connectivity index (χ0) is 9.57. The van der Waals surface area contributed by atoms with Crippen LogP contribution in [0.1, 0.15) is 13.3 Å². The first kappa shape index (κ1) is 9.59. The van der Waals surface area contributed by atoms with Crippen molar-refractivity contribution in [2.45, 2.75) is 18.7 Å². The molecular formula is C5H9NO5S. The monoisotopic (exact) mass is 195 g/mol. The molecule has 0 saturated carbocycles. The predicted molar refractivity (Wildman–Crippen MR) is 35.7 cm³/mol. The average molecular weight is 195 g/mol. The molecule has 2 atom stereocenters. The maximum absolute atomic E-state index is 10.7. The number of quaternary nitrogens is 1. The van der Waals surface area contributed by atoms with E-state index in [0.717, 1.165) is 6.92 Å². The van der Waals surface area contributed by atoms with Crippen molar-refractivity contribution in [3.05, 3.63) is 0 Å². The van der Waals surface area contributed by atoms with Crippen LogP contribution in [0.2, 0.25) is 0 Å². The van der Waals surface area contributed by atoms with Crippen molar-refractivity contribution < 1.29 is 27.6 Å². The topological polar surface area (TPSA) is 94.5 Å². The SMILES string of the molecule is CC(=O)[N+]1(O)CCC1S(=O)(=O)[O-]. The normalized spacial score (nSPS) is 35.8. The molecule has 7 heteroatoms. The Labute approximate surface area is 69.7 Å². The summed E-state index contributed by atoms with van der Waals surface area (Å²) in [4.78, 5) is 10.7. The van der Waals surface area contributed by atoms with Crippen LogP contribution in [-0.2, 0) is 14.9 Å². The standard InChI is InChI=1S/C5H9NO5S/c1-4(7)6(8)3-2-5(6)12(9,10)11/h5,8H,2-3H2,1H3. The van der Waals surface area contributed by atoms with Crippen molar-refractivity contribution >= 4 is 16.0 Å². The minimum atomic E-state index is -4.57. The Morgan fingerprint density at radius 3 is 2.25 bits per heavy atom. The number of carbonyl (C=O) groups excluding carboxylic acids is 1. The third-order valence-corrected chi connectivity index (χ3v) is 3.32. The number of hydrogen-bond donors (Lipinski definition) is 1. The fraction of sp³-hybridized carbons (Fsp3) is 0.800. The molecule has 6 nitrogen and oxygen atoms in total. The Hall–Kier alpha value is -0.500. The highest BCUT2D eigenvalue weighted by Crippen LogP contribution is 2.29. The third kappa shape index (κ3) is 1.24. The van der Waals surface area contributed by atoms with Crippen molar-refractivity contribution in [1.29, 1.82) is 0 Å². The Morgan fingerprint density at radius 2 is 2.17 bits per heavy atom. The first-order valence-electron chi connectivity index (χ1n) is 3.35. The fourth-order valence-electron chi connectivity index (χ4n) is 1.20. The van der Waals surface area contributed by atoms with E-state index in [9.17, 15) is 23.0 Å². The summed E-state index contributed by atoms with van der Waals surface area (Å²) >= 11 is 0. The van der Waals surface area contributed by atoms with E-state index >= 15 is 0 Å². The van der Waals surface area contributed by atoms with Crippen LogP contribution in [0.4, 0.5) is 0 Å². The van der Waals surface area contributed by atoms with Gasteiger partial charge < -0.3 is 4.55 Å². The van der Waals surface area contributed by atoms with Gasteiger partial charge in [-0.1, -0.05) is 0 Å². The average Bonchev–Trinajstić information content (AvgIpc) is 1.79. The number of likely N-dealkylation sites (tertiary alicyclic amines) is 1. The molecule has 0 radical (unpaired) electrons. The molecule has 1 N–H and O–H groups in total. The summed E-state index contributed by atoms with van der Waals surface area (Å²) in [6.07, 6.45) is 0.0436. The minimum absolute atomic E-state index is 0.00146. The fourth-order valence-corrected chi connectivity index (χ4v) is 2.27. The molecule has 1 heterocycles. The summed E-state index contributed by atoms with van der Waals surface area (Å²) in [5.41, 5.74) is 0. The highest BCUT2D eigenvalue weighted by molar-refractivity contribution is 7.86. The number of hydrogen-bond acceptors (Lipinski definition) is 5. The van der Waals surface area contributed by atoms with Gasteiger partial charge in [0.05, 0.1) is 13.3 Å². The summed E-state index contributed by atoms with van der Waals surface area (Å²) in [6, 6.07) is 0. The third-order valence-electron chi connectivity index (χ3n) is 2.07. The van der Waals surface area contributed by atoms with Crippen LogP contribution in [-0.4, -0.2) is 40.6 Å². The lowest BCUT2D eigenvalue weighted by atomic mass is 10.2. The van der Waals surface area contributed by atoms with Gasteiger partial charge in [-0.25, -0.2) is 18.4 Å². The molecule has 0 aliphatic carbocycles. The van der Waals surface area contributed by atoms with Crippen molar-refractivity contribution in [3.63, 3.8) is 0 Å². The van der Waals surface area contributed by atoms with Crippen molar-refractivity contribution in [3.8, 4) is 0 Å². The molecule has 1 fully saturated rings. The van der Waals surface area contributed by atoms with E-state index in [1.165, 1.54) is 0 Å². The quantitative estimate of drug-likeness (QED) is 0.329. The molecule has 0 bridgehead atoms. The van der Waals surface area contributed by atoms with Gasteiger partial charge in [-0.2, -0.15) is 0 Å². The molecule has 0 aromatic rings. The lowest BCUT2D eigenvalue weighted by Gasteiger charge is -2.42. The summed E-state index contributed by atoms with van der Waals surface area (Å²) < 4.78 is 30.1. The van der Waals surface area contributed by atoms with Gasteiger partial charge >= 0.3 is 5.91 Å². The van der Waals surface area contributed by atoms with Gasteiger partial charge in [0.25, 0.3) is 0 Å². The van der Waals surface area contributed by atoms with E-state index in [-0.39, 0.29) is 13.0 Å². The first-order valence-corrected chi connectivity index (χ1v) is 4.82. The van der Waals surface area contributed by atoms with E-state index in [0.29, 0.717) is 0 Å². The molecule has 1 rings (SSSR count). The number of carbonyl (C=O) groups is 1. The van der Waals surface area contributed by atoms with Gasteiger partial charge in [0.2, 0.25) is 5.37 Å². The second-order valence-corrected chi connectivity index (χ2v) is 4.34. The van der Waals surface area contributed by atoms with Gasteiger partial charge in [0, 0.05) is 0 Å². The number of amides is 1. The maximum atomic E-state index is 10.7. The van der Waals surface area contributed by atoms with Gasteiger partial charge in [-0.3, -0.25) is 0 Å². The van der Waals surface area contributed by atoms with Crippen LogP contribution in [0.3, 0.4) is 0 Å². The summed E-state index contributed by atoms with van der Waals surface area (Å²) in [7, 11) is -4.57. The lowest BCUT2D eigenvalue weighted by molar-refractivity contribution is -1.08. The second-order valence-electron chi connectivity index (χ2n) is 2.81. The van der Waals surface area contributed by atoms with Gasteiger partial charge in [0.15, 0.2) is 10.1 Å². The number of hydroxylamine groups is 3. The Kier molecular flexibility index (Phi) is 1.99. The molecule has 2 unspecified atom stereocenters. The maximum Gasteiger partial charge on any atom is 0.343 e. The second kappa shape index (κ2) is 2.49. The largest absolute Gasteiger partial charge is 0.743 e. The van der Waals surface area contributed by atoms with Crippen molar-refractivity contribution in [2.75, 3.05) is 6.54 Å². The van der Waals surface area contributed by atoms with Crippen LogP contribution in [0.15, 0.2) is 0 Å². The predicted octanol–water partition coefficient (Wildman–Crippen LogP) is -0.986. The van der Waals surface area contributed by atoms with Crippen LogP contribution < -0.4 is 0 Å². The molecule has 0 aromatic heterocycles. The molecule has 1 aliphatic heterocycles. The minimum Gasteiger partial charge on any atom is -0.743 e. The molecule has 1 aliphatic rings. The van der Waals surface area contributed by atoms with Crippen LogP contribution >= 0.6 is 0 Å². The van der Waals surface area contributed by atoms with Crippen molar-refractivity contribution in [1.82, 2.24) is 0 Å². The van der Waals surface area contributed by atoms with Gasteiger partial charge in [0.1, 0.15) is 6.54 Å². The highest BCUT2D eigenvalue weighted by atomic mass is 32.2. The Morgan fingerprint density at radius 1 is 1.67 bits per heavy atom. The molecule has 0 spiro atoms. The Balaban J connectivity index is 2.94. The summed E-state index contributed by atoms with van der Waals surface area (Å²) in [6.45, 7) is 1.05. The zero-order valence-corrected chi connectivity index (χ0v) is 7.24. The molecule has 1 saturated heterocycles. The molecular weight excluding hydrogens is 186 g/mol. The molecule has 70 valence electrons. The Bertz CT molecular complexity index is 310. The van der Waals surface area contributed by atoms with E-state index in [2.05, 4.69) is 0 Å². The zero-order valence-electron chi connectivity index (χ0n) is 6.43. The molecule has 0 aromatic carbocycles. The lowest BCUT2D eigenvalue weighted by Crippen LogP contribution is -2.67.